The summed E-state index contributed by atoms with van der Waals surface area (Å²) in [6.07, 6.45) is 0. The molecule has 1 aromatic carbocycles. The number of carbonyl (C=O) groups is 2. The van der Waals surface area contributed by atoms with Crippen LogP contribution in [0.1, 0.15) is 18.4 Å². The summed E-state index contributed by atoms with van der Waals surface area (Å²) in [7, 11) is 0. The molecule has 0 saturated carbocycles. The predicted molar refractivity (Wildman–Crippen MR) is 71.0 cm³/mol. The van der Waals surface area contributed by atoms with Gasteiger partial charge in [0.15, 0.2) is 0 Å². The lowest BCUT2D eigenvalue weighted by atomic mass is 9.89. The number of aliphatic carboxylic acids is 1. The molecule has 1 aliphatic rings. The van der Waals surface area contributed by atoms with Gasteiger partial charge in [0.2, 0.25) is 0 Å². The molecule has 2 unspecified atom stereocenters. The molecule has 1 aromatic rings. The molecule has 0 radical (unpaired) electrons. The van der Waals surface area contributed by atoms with Crippen molar-refractivity contribution in [3.63, 3.8) is 0 Å². The van der Waals surface area contributed by atoms with Gasteiger partial charge in [-0.2, -0.15) is 0 Å². The quantitative estimate of drug-likeness (QED) is 0.867. The van der Waals surface area contributed by atoms with Crippen molar-refractivity contribution in [1.29, 1.82) is 0 Å². The van der Waals surface area contributed by atoms with Crippen LogP contribution in [0, 0.1) is 5.92 Å². The van der Waals surface area contributed by atoms with E-state index in [9.17, 15) is 14.7 Å². The third kappa shape index (κ3) is 2.86. The molecule has 102 valence electrons. The number of likely N-dealkylation sites (tertiary alicyclic amines) is 1. The van der Waals surface area contributed by atoms with E-state index in [2.05, 4.69) is 5.32 Å². The highest BCUT2D eigenvalue weighted by Crippen LogP contribution is 2.32. The smallest absolute Gasteiger partial charge is 0.317 e. The Labute approximate surface area is 112 Å². The number of benzene rings is 1. The lowest BCUT2D eigenvalue weighted by Gasteiger charge is -2.16. The minimum atomic E-state index is -0.847. The van der Waals surface area contributed by atoms with Gasteiger partial charge in [0.05, 0.1) is 5.92 Å². The maximum absolute atomic E-state index is 11.8. The van der Waals surface area contributed by atoms with Gasteiger partial charge >= 0.3 is 12.0 Å². The molecular weight excluding hydrogens is 244 g/mol. The van der Waals surface area contributed by atoms with Crippen LogP contribution in [-0.2, 0) is 4.79 Å². The van der Waals surface area contributed by atoms with E-state index in [0.717, 1.165) is 5.56 Å². The van der Waals surface area contributed by atoms with E-state index >= 15 is 0 Å². The van der Waals surface area contributed by atoms with Gasteiger partial charge in [-0.3, -0.25) is 4.79 Å². The second-order valence-corrected chi connectivity index (χ2v) is 4.70. The Morgan fingerprint density at radius 1 is 1.32 bits per heavy atom. The van der Waals surface area contributed by atoms with Gasteiger partial charge in [-0.15, -0.1) is 0 Å². The zero-order chi connectivity index (χ0) is 13.8. The number of carboxylic acid groups (broad SMARTS) is 1. The Balaban J connectivity index is 2.18. The number of hydrogen-bond acceptors (Lipinski definition) is 2. The van der Waals surface area contributed by atoms with Gasteiger partial charge in [0.25, 0.3) is 0 Å². The zero-order valence-electron chi connectivity index (χ0n) is 10.9. The molecule has 1 fully saturated rings. The molecule has 19 heavy (non-hydrogen) atoms. The Hall–Kier alpha value is -2.04. The average molecular weight is 262 g/mol. The molecule has 1 saturated heterocycles. The van der Waals surface area contributed by atoms with Crippen LogP contribution in [0.5, 0.6) is 0 Å². The summed E-state index contributed by atoms with van der Waals surface area (Å²) in [6.45, 7) is 3.11. The molecule has 0 spiro atoms. The highest BCUT2D eigenvalue weighted by molar-refractivity contribution is 5.78. The lowest BCUT2D eigenvalue weighted by molar-refractivity contribution is -0.141. The number of carbonyl (C=O) groups excluding carboxylic acids is 1. The molecular formula is C14H18N2O3. The largest absolute Gasteiger partial charge is 0.481 e. The Morgan fingerprint density at radius 3 is 2.58 bits per heavy atom. The summed E-state index contributed by atoms with van der Waals surface area (Å²) in [5.41, 5.74) is 0.974. The molecule has 2 N–H and O–H groups in total. The van der Waals surface area contributed by atoms with Gasteiger partial charge in [0, 0.05) is 25.6 Å². The number of carboxylic acids is 1. The standard InChI is InChI=1S/C14H18N2O3/c1-2-15-14(19)16-8-11(12(9-16)13(17)18)10-6-4-3-5-7-10/h3-7,11-12H,2,8-9H2,1H3,(H,15,19)(H,17,18). The molecule has 5 nitrogen and oxygen atoms in total. The van der Waals surface area contributed by atoms with Crippen LogP contribution in [0.3, 0.4) is 0 Å². The number of rotatable bonds is 3. The van der Waals surface area contributed by atoms with Crippen molar-refractivity contribution < 1.29 is 14.7 Å². The summed E-state index contributed by atoms with van der Waals surface area (Å²) in [6, 6.07) is 9.33. The molecule has 1 aliphatic heterocycles. The monoisotopic (exact) mass is 262 g/mol. The normalized spacial score (nSPS) is 22.3. The molecule has 0 bridgehead atoms. The van der Waals surface area contributed by atoms with Gasteiger partial charge in [0.1, 0.15) is 0 Å². The number of hydrogen-bond donors (Lipinski definition) is 2. The number of urea groups is 1. The van der Waals surface area contributed by atoms with Crippen molar-refractivity contribution in [2.45, 2.75) is 12.8 Å². The van der Waals surface area contributed by atoms with E-state index in [4.69, 9.17) is 0 Å². The molecule has 0 aromatic heterocycles. The second kappa shape index (κ2) is 5.73. The van der Waals surface area contributed by atoms with Crippen molar-refractivity contribution in [2.75, 3.05) is 19.6 Å². The molecule has 2 rings (SSSR count). The average Bonchev–Trinajstić information content (AvgIpc) is 2.85. The van der Waals surface area contributed by atoms with Crippen molar-refractivity contribution in [1.82, 2.24) is 10.2 Å². The van der Waals surface area contributed by atoms with E-state index < -0.39 is 11.9 Å². The van der Waals surface area contributed by atoms with Crippen molar-refractivity contribution >= 4 is 12.0 Å². The Morgan fingerprint density at radius 2 is 2.00 bits per heavy atom. The molecule has 2 amide bonds. The van der Waals surface area contributed by atoms with Crippen LogP contribution < -0.4 is 5.32 Å². The summed E-state index contributed by atoms with van der Waals surface area (Å²) in [5, 5.41) is 12.0. The number of nitrogens with zero attached hydrogens (tertiary/aromatic N) is 1. The first kappa shape index (κ1) is 13.4. The fraction of sp³-hybridized carbons (Fsp3) is 0.429. The number of nitrogens with one attached hydrogen (secondary N) is 1. The molecule has 5 heteroatoms. The lowest BCUT2D eigenvalue weighted by Crippen LogP contribution is -2.38. The fourth-order valence-corrected chi connectivity index (χ4v) is 2.52. The predicted octanol–water partition coefficient (Wildman–Crippen LogP) is 1.52. The number of amides is 2. The maximum Gasteiger partial charge on any atom is 0.317 e. The van der Waals surface area contributed by atoms with Gasteiger partial charge < -0.3 is 15.3 Å². The third-order valence-corrected chi connectivity index (χ3v) is 3.48. The minimum absolute atomic E-state index is 0.138. The van der Waals surface area contributed by atoms with Crippen LogP contribution in [-0.4, -0.2) is 41.6 Å². The van der Waals surface area contributed by atoms with Crippen LogP contribution in [0.4, 0.5) is 4.79 Å². The molecule has 0 aliphatic carbocycles. The fourth-order valence-electron chi connectivity index (χ4n) is 2.52. The summed E-state index contributed by atoms with van der Waals surface area (Å²) >= 11 is 0. The van der Waals surface area contributed by atoms with E-state index in [-0.39, 0.29) is 18.5 Å². The first-order valence-corrected chi connectivity index (χ1v) is 6.44. The van der Waals surface area contributed by atoms with Crippen LogP contribution in [0.25, 0.3) is 0 Å². The first-order chi connectivity index (χ1) is 9.13. The van der Waals surface area contributed by atoms with Crippen LogP contribution in [0.15, 0.2) is 30.3 Å². The first-order valence-electron chi connectivity index (χ1n) is 6.44. The van der Waals surface area contributed by atoms with E-state index in [1.807, 2.05) is 37.3 Å². The topological polar surface area (TPSA) is 69.6 Å². The van der Waals surface area contributed by atoms with Crippen LogP contribution in [0.2, 0.25) is 0 Å². The highest BCUT2D eigenvalue weighted by Gasteiger charge is 2.40. The molecule has 2 atom stereocenters. The Bertz CT molecular complexity index is 461. The van der Waals surface area contributed by atoms with E-state index in [1.165, 1.54) is 0 Å². The maximum atomic E-state index is 11.8. The Kier molecular flexibility index (Phi) is 4.04. The zero-order valence-corrected chi connectivity index (χ0v) is 10.9. The van der Waals surface area contributed by atoms with Gasteiger partial charge in [-0.25, -0.2) is 4.79 Å². The minimum Gasteiger partial charge on any atom is -0.481 e. The van der Waals surface area contributed by atoms with Gasteiger partial charge in [-0.1, -0.05) is 30.3 Å². The summed E-state index contributed by atoms with van der Waals surface area (Å²) in [4.78, 5) is 24.7. The van der Waals surface area contributed by atoms with E-state index in [1.54, 1.807) is 4.90 Å². The summed E-state index contributed by atoms with van der Waals surface area (Å²) in [5.74, 6) is -1.52. The summed E-state index contributed by atoms with van der Waals surface area (Å²) < 4.78 is 0. The van der Waals surface area contributed by atoms with Crippen molar-refractivity contribution in [3.8, 4) is 0 Å². The van der Waals surface area contributed by atoms with E-state index in [0.29, 0.717) is 13.1 Å². The highest BCUT2D eigenvalue weighted by atomic mass is 16.4. The SMILES string of the molecule is CCNC(=O)N1CC(C(=O)O)C(c2ccccc2)C1. The van der Waals surface area contributed by atoms with Crippen molar-refractivity contribution in [3.05, 3.63) is 35.9 Å². The molecule has 1 heterocycles. The van der Waals surface area contributed by atoms with Gasteiger partial charge in [-0.05, 0) is 12.5 Å². The van der Waals surface area contributed by atoms with Crippen LogP contribution >= 0.6 is 0 Å². The third-order valence-electron chi connectivity index (χ3n) is 3.48. The second-order valence-electron chi connectivity index (χ2n) is 4.70. The van der Waals surface area contributed by atoms with Crippen molar-refractivity contribution in [2.24, 2.45) is 5.92 Å².